The highest BCUT2D eigenvalue weighted by molar-refractivity contribution is 6.62. The zero-order valence-corrected chi connectivity index (χ0v) is 25.7. The second-order valence-corrected chi connectivity index (χ2v) is 13.2. The van der Waals surface area contributed by atoms with Crippen molar-refractivity contribution < 1.29 is 9.31 Å². The van der Waals surface area contributed by atoms with Gasteiger partial charge in [-0.05, 0) is 101 Å². The van der Waals surface area contributed by atoms with Crippen molar-refractivity contribution in [3.05, 3.63) is 162 Å². The summed E-state index contributed by atoms with van der Waals surface area (Å²) >= 11 is 0. The quantitative estimate of drug-likeness (QED) is 0.197. The molecule has 3 heteroatoms. The molecule has 6 aromatic carbocycles. The van der Waals surface area contributed by atoms with Gasteiger partial charge in [-0.25, -0.2) is 0 Å². The lowest BCUT2D eigenvalue weighted by molar-refractivity contribution is 0.00578. The Kier molecular flexibility index (Phi) is 6.04. The van der Waals surface area contributed by atoms with Gasteiger partial charge < -0.3 is 9.31 Å². The van der Waals surface area contributed by atoms with Gasteiger partial charge in [-0.1, -0.05) is 127 Å². The van der Waals surface area contributed by atoms with Gasteiger partial charge in [0.1, 0.15) is 0 Å². The van der Waals surface area contributed by atoms with Crippen LogP contribution in [0.15, 0.2) is 140 Å². The maximum atomic E-state index is 6.38. The van der Waals surface area contributed by atoms with Crippen LogP contribution in [0.25, 0.3) is 33.0 Å². The standard InChI is InChI=1S/C41H35BO2/c1-39(2)40(3,4)44-42(43-39)34-23-21-28-19-20-29(25-31(28)26-34)30-22-24-36-35-17-11-12-18-37(35)41(38(36)27-30,32-13-7-5-8-14-32)33-15-9-6-10-16-33/h5-27H,1-4H3. The molecule has 0 N–H and O–H groups in total. The molecule has 6 aromatic rings. The molecule has 0 atom stereocenters. The first-order valence-electron chi connectivity index (χ1n) is 15.5. The lowest BCUT2D eigenvalue weighted by atomic mass is 9.67. The molecule has 0 radical (unpaired) electrons. The molecule has 1 aliphatic carbocycles. The fraction of sp³-hybridized carbons (Fsp3) is 0.171. The van der Waals surface area contributed by atoms with Crippen molar-refractivity contribution in [1.29, 1.82) is 0 Å². The second kappa shape index (κ2) is 9.79. The van der Waals surface area contributed by atoms with E-state index in [-0.39, 0.29) is 18.3 Å². The Balaban J connectivity index is 1.29. The molecular formula is C41H35BO2. The normalized spacial score (nSPS) is 17.4. The molecule has 0 bridgehead atoms. The fourth-order valence-corrected chi connectivity index (χ4v) is 7.19. The first kappa shape index (κ1) is 27.1. The Labute approximate surface area is 260 Å². The molecule has 1 heterocycles. The number of benzene rings is 6. The fourth-order valence-electron chi connectivity index (χ4n) is 7.19. The van der Waals surface area contributed by atoms with Crippen LogP contribution < -0.4 is 5.46 Å². The predicted octanol–water partition coefficient (Wildman–Crippen LogP) is 9.17. The second-order valence-electron chi connectivity index (χ2n) is 13.2. The maximum Gasteiger partial charge on any atom is 0.494 e. The molecule has 1 aliphatic heterocycles. The van der Waals surface area contributed by atoms with Gasteiger partial charge >= 0.3 is 7.12 Å². The van der Waals surface area contributed by atoms with E-state index in [9.17, 15) is 0 Å². The minimum absolute atomic E-state index is 0.375. The minimum atomic E-state index is -0.411. The average molecular weight is 571 g/mol. The van der Waals surface area contributed by atoms with Crippen molar-refractivity contribution in [2.75, 3.05) is 0 Å². The van der Waals surface area contributed by atoms with Gasteiger partial charge in [0.05, 0.1) is 16.6 Å². The monoisotopic (exact) mass is 570 g/mol. The van der Waals surface area contributed by atoms with Crippen LogP contribution in [0.1, 0.15) is 49.9 Å². The molecule has 2 aliphatic rings. The largest absolute Gasteiger partial charge is 0.494 e. The first-order chi connectivity index (χ1) is 21.3. The molecule has 0 saturated carbocycles. The highest BCUT2D eigenvalue weighted by Crippen LogP contribution is 2.56. The summed E-state index contributed by atoms with van der Waals surface area (Å²) in [5.74, 6) is 0. The molecular weight excluding hydrogens is 535 g/mol. The summed E-state index contributed by atoms with van der Waals surface area (Å²) < 4.78 is 12.8. The molecule has 0 amide bonds. The van der Waals surface area contributed by atoms with Crippen LogP contribution in [0.3, 0.4) is 0 Å². The van der Waals surface area contributed by atoms with Gasteiger partial charge in [0.15, 0.2) is 0 Å². The zero-order valence-electron chi connectivity index (χ0n) is 25.7. The van der Waals surface area contributed by atoms with E-state index in [1.54, 1.807) is 0 Å². The average Bonchev–Trinajstić information content (AvgIpc) is 3.47. The maximum absolute atomic E-state index is 6.38. The van der Waals surface area contributed by atoms with Crippen molar-refractivity contribution in [2.45, 2.75) is 44.3 Å². The van der Waals surface area contributed by atoms with Crippen LogP contribution >= 0.6 is 0 Å². The van der Waals surface area contributed by atoms with Crippen LogP contribution in [-0.2, 0) is 14.7 Å². The molecule has 44 heavy (non-hydrogen) atoms. The van der Waals surface area contributed by atoms with Crippen LogP contribution in [0, 0.1) is 0 Å². The predicted molar refractivity (Wildman–Crippen MR) is 182 cm³/mol. The van der Waals surface area contributed by atoms with Crippen LogP contribution in [0.4, 0.5) is 0 Å². The van der Waals surface area contributed by atoms with Crippen molar-refractivity contribution in [3.63, 3.8) is 0 Å². The summed E-state index contributed by atoms with van der Waals surface area (Å²) in [5, 5.41) is 2.38. The van der Waals surface area contributed by atoms with Gasteiger partial charge in [0, 0.05) is 0 Å². The number of hydrogen-bond donors (Lipinski definition) is 0. The van der Waals surface area contributed by atoms with Gasteiger partial charge in [0.25, 0.3) is 0 Å². The molecule has 0 aromatic heterocycles. The summed E-state index contributed by atoms with van der Waals surface area (Å²) in [4.78, 5) is 0. The molecule has 1 fully saturated rings. The number of rotatable bonds is 4. The third-order valence-corrected chi connectivity index (χ3v) is 10.2. The Morgan fingerprint density at radius 3 is 1.68 bits per heavy atom. The molecule has 2 nitrogen and oxygen atoms in total. The van der Waals surface area contributed by atoms with Gasteiger partial charge in [-0.3, -0.25) is 0 Å². The topological polar surface area (TPSA) is 18.5 Å². The number of fused-ring (bicyclic) bond motifs is 4. The number of hydrogen-bond acceptors (Lipinski definition) is 2. The van der Waals surface area contributed by atoms with E-state index < -0.39 is 5.41 Å². The van der Waals surface area contributed by atoms with Crippen molar-refractivity contribution in [1.82, 2.24) is 0 Å². The van der Waals surface area contributed by atoms with E-state index in [1.165, 1.54) is 55.3 Å². The van der Waals surface area contributed by atoms with E-state index in [0.717, 1.165) is 5.46 Å². The van der Waals surface area contributed by atoms with Crippen molar-refractivity contribution >= 4 is 23.4 Å². The van der Waals surface area contributed by atoms with Gasteiger partial charge in [-0.2, -0.15) is 0 Å². The van der Waals surface area contributed by atoms with E-state index >= 15 is 0 Å². The zero-order chi connectivity index (χ0) is 30.1. The first-order valence-corrected chi connectivity index (χ1v) is 15.5. The lowest BCUT2D eigenvalue weighted by Crippen LogP contribution is -2.41. The third-order valence-electron chi connectivity index (χ3n) is 10.2. The Morgan fingerprint density at radius 2 is 1.00 bits per heavy atom. The van der Waals surface area contributed by atoms with E-state index in [4.69, 9.17) is 9.31 Å². The molecule has 0 spiro atoms. The Hall–Kier alpha value is -4.44. The SMILES string of the molecule is CC1(C)OB(c2ccc3ccc(-c4ccc5c(c4)C(c4ccccc4)(c4ccccc4)c4ccccc4-5)cc3c2)OC1(C)C. The van der Waals surface area contributed by atoms with Crippen molar-refractivity contribution in [3.8, 4) is 22.3 Å². The highest BCUT2D eigenvalue weighted by Gasteiger charge is 2.51. The summed E-state index contributed by atoms with van der Waals surface area (Å²) in [6.07, 6.45) is 0. The van der Waals surface area contributed by atoms with Crippen molar-refractivity contribution in [2.24, 2.45) is 0 Å². The molecule has 1 saturated heterocycles. The Bertz CT molecular complexity index is 1970. The van der Waals surface area contributed by atoms with Crippen LogP contribution in [0.2, 0.25) is 0 Å². The van der Waals surface area contributed by atoms with Gasteiger partial charge in [0.2, 0.25) is 0 Å². The molecule has 214 valence electrons. The van der Waals surface area contributed by atoms with E-state index in [0.29, 0.717) is 0 Å². The van der Waals surface area contributed by atoms with Gasteiger partial charge in [-0.15, -0.1) is 0 Å². The minimum Gasteiger partial charge on any atom is -0.399 e. The lowest BCUT2D eigenvalue weighted by Gasteiger charge is -2.34. The molecule has 8 rings (SSSR count). The summed E-state index contributed by atoms with van der Waals surface area (Å²) in [6.45, 7) is 8.40. The summed E-state index contributed by atoms with van der Waals surface area (Å²) in [5.41, 5.74) is 10.1. The van der Waals surface area contributed by atoms with Crippen LogP contribution in [0.5, 0.6) is 0 Å². The summed E-state index contributed by atoms with van der Waals surface area (Å²) in [7, 11) is -0.385. The highest BCUT2D eigenvalue weighted by atomic mass is 16.7. The molecule has 0 unspecified atom stereocenters. The summed E-state index contributed by atoms with van der Waals surface area (Å²) in [6, 6.07) is 51.2. The Morgan fingerprint density at radius 1 is 0.455 bits per heavy atom. The van der Waals surface area contributed by atoms with E-state index in [1.807, 2.05) is 0 Å². The smallest absolute Gasteiger partial charge is 0.399 e. The van der Waals surface area contributed by atoms with Crippen LogP contribution in [-0.4, -0.2) is 18.3 Å². The third kappa shape index (κ3) is 3.96. The van der Waals surface area contributed by atoms with E-state index in [2.05, 4.69) is 167 Å².